The number of hydrogen-bond acceptors (Lipinski definition) is 5. The predicted molar refractivity (Wildman–Crippen MR) is 136 cm³/mol. The number of carbonyl (C=O) groups is 2. The number of aryl methyl sites for hydroxylation is 1. The third kappa shape index (κ3) is 4.57. The molecular formula is C28H26F8N2O5S. The van der Waals surface area contributed by atoms with Crippen LogP contribution in [0.1, 0.15) is 55.2 Å². The minimum Gasteiger partial charge on any atom is -0.479 e. The highest BCUT2D eigenvalue weighted by atomic mass is 32.2. The molecule has 0 bridgehead atoms. The Balaban J connectivity index is 1.61. The van der Waals surface area contributed by atoms with E-state index in [1.165, 1.54) is 29.3 Å². The Hall–Kier alpha value is -3.30. The summed E-state index contributed by atoms with van der Waals surface area (Å²) in [6, 6.07) is 4.24. The zero-order chi connectivity index (χ0) is 32.5. The highest BCUT2D eigenvalue weighted by Gasteiger charge is 2.74. The molecule has 2 unspecified atom stereocenters. The van der Waals surface area contributed by atoms with Crippen LogP contribution in [0.4, 0.5) is 35.1 Å². The molecule has 2 heterocycles. The van der Waals surface area contributed by atoms with E-state index in [4.69, 9.17) is 0 Å². The van der Waals surface area contributed by atoms with E-state index in [2.05, 4.69) is 4.98 Å². The Labute approximate surface area is 246 Å². The second-order valence-electron chi connectivity index (χ2n) is 11.5. The fraction of sp³-hybridized carbons (Fsp3) is 0.536. The number of fused-ring (bicyclic) bond motifs is 3. The first-order chi connectivity index (χ1) is 20.3. The maximum atomic E-state index is 15.0. The summed E-state index contributed by atoms with van der Waals surface area (Å²) < 4.78 is 137. The fourth-order valence-corrected chi connectivity index (χ4v) is 9.24. The normalized spacial score (nSPS) is 27.9. The minimum absolute atomic E-state index is 0.127. The van der Waals surface area contributed by atoms with Crippen molar-refractivity contribution in [3.05, 3.63) is 59.3 Å². The molecule has 2 atom stereocenters. The highest BCUT2D eigenvalue weighted by molar-refractivity contribution is 7.92. The van der Waals surface area contributed by atoms with E-state index < -0.39 is 85.5 Å². The number of carbonyl (C=O) groups excluding carboxylic acids is 1. The molecule has 1 N–H and O–H groups in total. The van der Waals surface area contributed by atoms with Crippen molar-refractivity contribution in [2.75, 3.05) is 6.54 Å². The van der Waals surface area contributed by atoms with Gasteiger partial charge in [0.1, 0.15) is 4.75 Å². The number of benzene rings is 1. The highest BCUT2D eigenvalue weighted by Crippen LogP contribution is 2.57. The van der Waals surface area contributed by atoms with Gasteiger partial charge >= 0.3 is 24.0 Å². The molecule has 3 aliphatic rings. The molecule has 1 amide bonds. The van der Waals surface area contributed by atoms with Crippen LogP contribution in [0.15, 0.2) is 47.6 Å². The van der Waals surface area contributed by atoms with Crippen LogP contribution in [0.25, 0.3) is 0 Å². The van der Waals surface area contributed by atoms with Crippen LogP contribution in [-0.2, 0) is 36.3 Å². The van der Waals surface area contributed by atoms with E-state index >= 15 is 0 Å². The number of halogens is 8. The molecule has 44 heavy (non-hydrogen) atoms. The van der Waals surface area contributed by atoms with E-state index in [9.17, 15) is 58.2 Å². The number of sulfone groups is 1. The molecule has 2 aliphatic carbocycles. The zero-order valence-electron chi connectivity index (χ0n) is 22.8. The molecule has 1 aliphatic heterocycles. The van der Waals surface area contributed by atoms with E-state index in [0.717, 1.165) is 6.07 Å². The lowest BCUT2D eigenvalue weighted by Crippen LogP contribution is -2.54. The van der Waals surface area contributed by atoms with Crippen LogP contribution in [0.2, 0.25) is 0 Å². The van der Waals surface area contributed by atoms with Crippen LogP contribution in [0.5, 0.6) is 0 Å². The standard InChI is InChI=1S/C28H26F8N2O5S/c29-24(23(40)41)10-8-16(9-11-24)22(39)38-14-12-25(44(42,43)21-3-1-2-13-37-21)19-6-5-18(15-17(19)4-7-20(25)38)26(30,27(31,32)33)28(34,35)36/h1-3,5-6,13,15-16,20H,4,7-12,14H2,(H,40,41). The van der Waals surface area contributed by atoms with Crippen molar-refractivity contribution in [1.29, 1.82) is 0 Å². The van der Waals surface area contributed by atoms with Gasteiger partial charge in [-0.3, -0.25) is 4.79 Å². The predicted octanol–water partition coefficient (Wildman–Crippen LogP) is 5.57. The average Bonchev–Trinajstić information content (AvgIpc) is 3.37. The first-order valence-corrected chi connectivity index (χ1v) is 15.1. The maximum absolute atomic E-state index is 15.0. The Morgan fingerprint density at radius 2 is 1.57 bits per heavy atom. The van der Waals surface area contributed by atoms with Crippen LogP contribution in [-0.4, -0.2) is 65.9 Å². The molecule has 0 radical (unpaired) electrons. The van der Waals surface area contributed by atoms with Crippen LogP contribution >= 0.6 is 0 Å². The summed E-state index contributed by atoms with van der Waals surface area (Å²) in [6.45, 7) is -0.175. The molecule has 2 aromatic rings. The quantitative estimate of drug-likeness (QED) is 0.423. The summed E-state index contributed by atoms with van der Waals surface area (Å²) in [5, 5.41) is 8.74. The molecule has 5 rings (SSSR count). The number of rotatable bonds is 5. The second kappa shape index (κ2) is 10.4. The number of amides is 1. The number of carboxylic acids is 1. The molecular weight excluding hydrogens is 628 g/mol. The number of alkyl halides is 8. The van der Waals surface area contributed by atoms with Crippen molar-refractivity contribution < 1.29 is 58.2 Å². The van der Waals surface area contributed by atoms with Gasteiger partial charge in [0.05, 0.1) is 6.04 Å². The maximum Gasteiger partial charge on any atom is 0.435 e. The first kappa shape index (κ1) is 32.1. The van der Waals surface area contributed by atoms with Crippen molar-refractivity contribution in [3.63, 3.8) is 0 Å². The number of aliphatic carboxylic acids is 1. The van der Waals surface area contributed by atoms with Crippen molar-refractivity contribution >= 4 is 21.7 Å². The summed E-state index contributed by atoms with van der Waals surface area (Å²) >= 11 is 0. The summed E-state index contributed by atoms with van der Waals surface area (Å²) in [5.41, 5.74) is -10.4. The van der Waals surface area contributed by atoms with Crippen molar-refractivity contribution in [2.45, 2.75) is 84.5 Å². The topological polar surface area (TPSA) is 105 Å². The Kier molecular flexibility index (Phi) is 7.57. The van der Waals surface area contributed by atoms with Gasteiger partial charge < -0.3 is 10.0 Å². The van der Waals surface area contributed by atoms with Gasteiger partial charge in [-0.05, 0) is 68.2 Å². The third-order valence-electron chi connectivity index (χ3n) is 9.25. The Bertz CT molecular complexity index is 1560. The number of carboxylic acid groups (broad SMARTS) is 1. The van der Waals surface area contributed by atoms with Gasteiger partial charge in [0.15, 0.2) is 5.03 Å². The molecule has 240 valence electrons. The number of aromatic nitrogens is 1. The van der Waals surface area contributed by atoms with Gasteiger partial charge in [0.25, 0.3) is 0 Å². The number of pyridine rings is 1. The SMILES string of the molecule is O=C(C1CCC(F)(C(=O)O)CC1)N1CCC2(S(=O)(=O)c3ccccn3)c3ccc(C(F)(C(F)(F)F)C(F)(F)F)cc3CCC12. The first-order valence-electron chi connectivity index (χ1n) is 13.7. The monoisotopic (exact) mass is 654 g/mol. The Morgan fingerprint density at radius 3 is 2.11 bits per heavy atom. The molecule has 0 spiro atoms. The summed E-state index contributed by atoms with van der Waals surface area (Å²) in [6.07, 6.45) is -13.5. The molecule has 7 nitrogen and oxygen atoms in total. The molecule has 16 heteroatoms. The molecule has 2 fully saturated rings. The average molecular weight is 655 g/mol. The van der Waals surface area contributed by atoms with Gasteiger partial charge in [-0.15, -0.1) is 0 Å². The van der Waals surface area contributed by atoms with Gasteiger partial charge in [-0.1, -0.05) is 24.3 Å². The van der Waals surface area contributed by atoms with E-state index in [1.54, 1.807) is 0 Å². The number of hydrogen-bond donors (Lipinski definition) is 1. The van der Waals surface area contributed by atoms with Gasteiger partial charge in [0.2, 0.25) is 21.4 Å². The summed E-state index contributed by atoms with van der Waals surface area (Å²) in [5.74, 6) is -3.04. The number of nitrogens with zero attached hydrogens (tertiary/aromatic N) is 2. The molecule has 1 saturated carbocycles. The van der Waals surface area contributed by atoms with Crippen LogP contribution < -0.4 is 0 Å². The van der Waals surface area contributed by atoms with E-state index in [0.29, 0.717) is 6.07 Å². The van der Waals surface area contributed by atoms with Crippen molar-refractivity contribution in [3.8, 4) is 0 Å². The smallest absolute Gasteiger partial charge is 0.435 e. The third-order valence-corrected chi connectivity index (χ3v) is 11.7. The van der Waals surface area contributed by atoms with Gasteiger partial charge in [-0.25, -0.2) is 27.0 Å². The number of likely N-dealkylation sites (tertiary alicyclic amines) is 1. The van der Waals surface area contributed by atoms with Crippen molar-refractivity contribution in [2.24, 2.45) is 5.92 Å². The Morgan fingerprint density at radius 1 is 0.932 bits per heavy atom. The lowest BCUT2D eigenvalue weighted by atomic mass is 9.76. The lowest BCUT2D eigenvalue weighted by Gasteiger charge is -2.43. The molecule has 1 aromatic heterocycles. The van der Waals surface area contributed by atoms with Crippen LogP contribution in [0.3, 0.4) is 0 Å². The van der Waals surface area contributed by atoms with Crippen LogP contribution in [0, 0.1) is 5.92 Å². The zero-order valence-corrected chi connectivity index (χ0v) is 23.6. The second-order valence-corrected chi connectivity index (χ2v) is 13.6. The van der Waals surface area contributed by atoms with Gasteiger partial charge in [-0.2, -0.15) is 26.3 Å². The van der Waals surface area contributed by atoms with Gasteiger partial charge in [0, 0.05) is 24.2 Å². The van der Waals surface area contributed by atoms with E-state index in [-0.39, 0.29) is 55.8 Å². The largest absolute Gasteiger partial charge is 0.479 e. The molecule has 1 saturated heterocycles. The summed E-state index contributed by atoms with van der Waals surface area (Å²) in [7, 11) is -4.59. The molecule has 1 aromatic carbocycles. The van der Waals surface area contributed by atoms with Crippen molar-refractivity contribution in [1.82, 2.24) is 9.88 Å². The fourth-order valence-electron chi connectivity index (χ4n) is 6.96. The summed E-state index contributed by atoms with van der Waals surface area (Å²) in [4.78, 5) is 30.2. The minimum atomic E-state index is -6.37. The van der Waals surface area contributed by atoms with E-state index in [1.807, 2.05) is 0 Å². The lowest BCUT2D eigenvalue weighted by molar-refractivity contribution is -0.348.